The van der Waals surface area contributed by atoms with Crippen molar-refractivity contribution in [2.24, 2.45) is 46.3 Å². The maximum absolute atomic E-state index is 11.5. The van der Waals surface area contributed by atoms with Crippen molar-refractivity contribution in [2.45, 2.75) is 97.2 Å². The topological polar surface area (TPSA) is 89.9 Å². The number of carbonyl (C=O) groups is 3. The minimum absolute atomic E-state index is 0.0150. The summed E-state index contributed by atoms with van der Waals surface area (Å²) in [5, 5.41) is 9.16. The Morgan fingerprint density at radius 1 is 1.00 bits per heavy atom. The van der Waals surface area contributed by atoms with Crippen molar-refractivity contribution in [2.75, 3.05) is 0 Å². The van der Waals surface area contributed by atoms with E-state index in [2.05, 4.69) is 20.8 Å². The molecule has 4 aliphatic rings. The van der Waals surface area contributed by atoms with Crippen LogP contribution in [0.5, 0.6) is 0 Å². The van der Waals surface area contributed by atoms with Crippen LogP contribution >= 0.6 is 0 Å². The van der Waals surface area contributed by atoms with Crippen molar-refractivity contribution in [3.63, 3.8) is 0 Å². The average molecular weight is 449 g/mol. The van der Waals surface area contributed by atoms with Gasteiger partial charge >= 0.3 is 5.97 Å². The van der Waals surface area contributed by atoms with Crippen molar-refractivity contribution in [3.8, 4) is 0 Å². The molecule has 0 bridgehead atoms. The highest BCUT2D eigenvalue weighted by atomic mass is 16.5. The molecule has 0 radical (unpaired) electrons. The molecule has 4 rings (SSSR count). The molecule has 6 nitrogen and oxygen atoms in total. The van der Waals surface area contributed by atoms with E-state index < -0.39 is 5.97 Å². The lowest BCUT2D eigenvalue weighted by Crippen LogP contribution is -2.59. The monoisotopic (exact) mass is 448 g/mol. The third kappa shape index (κ3) is 3.86. The highest BCUT2D eigenvalue weighted by molar-refractivity contribution is 5.66. The maximum atomic E-state index is 11.5. The number of carboxylic acids is 1. The van der Waals surface area contributed by atoms with Crippen LogP contribution in [-0.2, 0) is 23.9 Å². The summed E-state index contributed by atoms with van der Waals surface area (Å²) in [6.07, 6.45) is 9.23. The summed E-state index contributed by atoms with van der Waals surface area (Å²) in [6, 6.07) is 0. The summed E-state index contributed by atoms with van der Waals surface area (Å²) in [7, 11) is 0. The van der Waals surface area contributed by atoms with Crippen molar-refractivity contribution >= 4 is 18.9 Å². The Balaban J connectivity index is 1.58. The molecule has 32 heavy (non-hydrogen) atoms. The van der Waals surface area contributed by atoms with E-state index in [9.17, 15) is 14.4 Å². The van der Waals surface area contributed by atoms with Crippen LogP contribution in [0.25, 0.3) is 0 Å². The molecular weight excluding hydrogens is 408 g/mol. The second kappa shape index (κ2) is 8.98. The molecule has 5 unspecified atom stereocenters. The van der Waals surface area contributed by atoms with E-state index in [1.54, 1.807) is 0 Å². The van der Waals surface area contributed by atoms with Crippen LogP contribution < -0.4 is 0 Å². The number of hydrogen-bond donors (Lipinski definition) is 1. The minimum atomic E-state index is -0.708. The van der Waals surface area contributed by atoms with E-state index in [0.717, 1.165) is 51.4 Å². The Hall–Kier alpha value is -1.59. The fourth-order valence-electron chi connectivity index (χ4n) is 9.10. The molecule has 0 amide bonds. The fraction of sp³-hybridized carbons (Fsp3) is 0.885. The van der Waals surface area contributed by atoms with E-state index in [1.165, 1.54) is 6.42 Å². The van der Waals surface area contributed by atoms with Crippen LogP contribution in [-0.4, -0.2) is 36.2 Å². The molecule has 0 saturated heterocycles. The first-order chi connectivity index (χ1) is 15.2. The number of fused-ring (bicyclic) bond motifs is 5. The Morgan fingerprint density at radius 2 is 1.69 bits per heavy atom. The lowest BCUT2D eigenvalue weighted by Gasteiger charge is -2.62. The van der Waals surface area contributed by atoms with E-state index in [-0.39, 0.29) is 29.5 Å². The number of carboxylic acid groups (broad SMARTS) is 1. The first-order valence-electron chi connectivity index (χ1n) is 12.6. The van der Waals surface area contributed by atoms with Gasteiger partial charge < -0.3 is 14.6 Å². The Morgan fingerprint density at radius 3 is 2.38 bits per heavy atom. The third-order valence-electron chi connectivity index (χ3n) is 10.7. The molecule has 180 valence electrons. The van der Waals surface area contributed by atoms with E-state index >= 15 is 0 Å². The minimum Gasteiger partial charge on any atom is -0.481 e. The van der Waals surface area contributed by atoms with Gasteiger partial charge in [0.15, 0.2) is 0 Å². The Kier molecular flexibility index (Phi) is 6.61. The normalized spacial score (nSPS) is 46.2. The SMILES string of the molecule is C[C@H](CCC(=O)O)[C@H]1CCC2C3C(OC=O)CC4C[C@H](OC=O)CC[C@]4(C)C3CC[C@@]21C. The molecule has 0 aromatic carbocycles. The molecule has 0 aliphatic heterocycles. The average Bonchev–Trinajstić information content (AvgIpc) is 3.10. The number of carbonyl (C=O) groups excluding carboxylic acids is 2. The molecule has 1 N–H and O–H groups in total. The van der Waals surface area contributed by atoms with Crippen LogP contribution in [0.4, 0.5) is 0 Å². The summed E-state index contributed by atoms with van der Waals surface area (Å²) < 4.78 is 11.1. The van der Waals surface area contributed by atoms with Crippen molar-refractivity contribution in [1.29, 1.82) is 0 Å². The zero-order valence-corrected chi connectivity index (χ0v) is 19.8. The molecule has 0 heterocycles. The number of ether oxygens (including phenoxy) is 2. The number of rotatable bonds is 8. The summed E-state index contributed by atoms with van der Waals surface area (Å²) in [5.41, 5.74) is 0.384. The number of hydrogen-bond acceptors (Lipinski definition) is 5. The van der Waals surface area contributed by atoms with Crippen molar-refractivity contribution in [1.82, 2.24) is 0 Å². The lowest BCUT2D eigenvalue weighted by atomic mass is 9.43. The Bertz CT molecular complexity index is 723. The highest BCUT2D eigenvalue weighted by Gasteiger charge is 2.63. The van der Waals surface area contributed by atoms with Crippen molar-refractivity contribution < 1.29 is 29.0 Å². The molecule has 4 aliphatic carbocycles. The molecular formula is C26H40O6. The standard InChI is InChI=1S/C26H40O6/c1-16(4-7-23(29)30)19-5-6-20-24-21(9-11-26(19,20)3)25(2)10-8-18(31-14-27)12-17(25)13-22(24)32-15-28/h14-22,24H,4-13H2,1-3H3,(H,29,30)/t16-,17?,18-,19-,20?,21?,22?,24?,25+,26-/m1/s1. The second-order valence-corrected chi connectivity index (χ2v) is 11.8. The molecule has 0 aromatic rings. The van der Waals surface area contributed by atoms with Crippen LogP contribution in [0.1, 0.15) is 85.0 Å². The lowest BCUT2D eigenvalue weighted by molar-refractivity contribution is -0.190. The first kappa shape index (κ1) is 23.6. The van der Waals surface area contributed by atoms with Gasteiger partial charge in [0, 0.05) is 12.3 Å². The van der Waals surface area contributed by atoms with Crippen LogP contribution in [0, 0.1) is 46.3 Å². The van der Waals surface area contributed by atoms with Crippen LogP contribution in [0.3, 0.4) is 0 Å². The quantitative estimate of drug-likeness (QED) is 0.535. The summed E-state index contributed by atoms with van der Waals surface area (Å²) in [5.74, 6) is 2.04. The van der Waals surface area contributed by atoms with E-state index in [0.29, 0.717) is 48.5 Å². The first-order valence-corrected chi connectivity index (χ1v) is 12.6. The molecule has 0 spiro atoms. The highest BCUT2D eigenvalue weighted by Crippen LogP contribution is 2.68. The second-order valence-electron chi connectivity index (χ2n) is 11.8. The predicted octanol–water partition coefficient (Wildman–Crippen LogP) is 4.84. The van der Waals surface area contributed by atoms with Gasteiger partial charge in [-0.25, -0.2) is 0 Å². The van der Waals surface area contributed by atoms with Gasteiger partial charge in [-0.05, 0) is 98.2 Å². The van der Waals surface area contributed by atoms with E-state index in [1.807, 2.05) is 0 Å². The maximum Gasteiger partial charge on any atom is 0.303 e. The summed E-state index contributed by atoms with van der Waals surface area (Å²) in [6.45, 7) is 8.33. The van der Waals surface area contributed by atoms with Gasteiger partial charge in [-0.3, -0.25) is 14.4 Å². The summed E-state index contributed by atoms with van der Waals surface area (Å²) >= 11 is 0. The molecule has 4 saturated carbocycles. The third-order valence-corrected chi connectivity index (χ3v) is 10.7. The van der Waals surface area contributed by atoms with Crippen LogP contribution in [0.2, 0.25) is 0 Å². The van der Waals surface area contributed by atoms with Gasteiger partial charge in [0.05, 0.1) is 0 Å². The predicted molar refractivity (Wildman–Crippen MR) is 119 cm³/mol. The zero-order chi connectivity index (χ0) is 23.1. The molecule has 6 heteroatoms. The zero-order valence-electron chi connectivity index (χ0n) is 19.8. The molecule has 0 aromatic heterocycles. The van der Waals surface area contributed by atoms with Gasteiger partial charge in [-0.15, -0.1) is 0 Å². The van der Waals surface area contributed by atoms with Crippen molar-refractivity contribution in [3.05, 3.63) is 0 Å². The fourth-order valence-corrected chi connectivity index (χ4v) is 9.10. The molecule has 4 fully saturated rings. The largest absolute Gasteiger partial charge is 0.481 e. The van der Waals surface area contributed by atoms with Gasteiger partial charge in [0.2, 0.25) is 0 Å². The van der Waals surface area contributed by atoms with Gasteiger partial charge in [-0.2, -0.15) is 0 Å². The van der Waals surface area contributed by atoms with Gasteiger partial charge in [-0.1, -0.05) is 20.8 Å². The van der Waals surface area contributed by atoms with Gasteiger partial charge in [0.25, 0.3) is 12.9 Å². The summed E-state index contributed by atoms with van der Waals surface area (Å²) in [4.78, 5) is 33.6. The van der Waals surface area contributed by atoms with Gasteiger partial charge in [0.1, 0.15) is 12.2 Å². The smallest absolute Gasteiger partial charge is 0.303 e. The molecule has 10 atom stereocenters. The Labute approximate surface area is 191 Å². The van der Waals surface area contributed by atoms with E-state index in [4.69, 9.17) is 14.6 Å². The number of aliphatic carboxylic acids is 1. The van der Waals surface area contributed by atoms with Crippen LogP contribution in [0.15, 0.2) is 0 Å².